The lowest BCUT2D eigenvalue weighted by Gasteiger charge is -2.47. The van der Waals surface area contributed by atoms with Gasteiger partial charge in [0.25, 0.3) is 0 Å². The van der Waals surface area contributed by atoms with E-state index in [0.717, 1.165) is 65.0 Å². The lowest BCUT2D eigenvalue weighted by Crippen LogP contribution is -2.64. The Hall–Kier alpha value is -1.43. The third-order valence-electron chi connectivity index (χ3n) is 8.05. The monoisotopic (exact) mass is 411 g/mol. The zero-order valence-corrected chi connectivity index (χ0v) is 18.3. The largest absolute Gasteiger partial charge is 0.379 e. The van der Waals surface area contributed by atoms with Gasteiger partial charge in [-0.15, -0.1) is 0 Å². The van der Waals surface area contributed by atoms with E-state index in [1.165, 1.54) is 43.4 Å². The summed E-state index contributed by atoms with van der Waals surface area (Å²) in [6.45, 7) is 5.47. The average molecular weight is 412 g/mol. The number of rotatable bonds is 4. The Bertz CT molecular complexity index is 715. The molecule has 2 saturated heterocycles. The van der Waals surface area contributed by atoms with E-state index < -0.39 is 0 Å². The number of morpholine rings is 1. The van der Waals surface area contributed by atoms with Gasteiger partial charge in [-0.3, -0.25) is 14.6 Å². The molecular weight excluding hydrogens is 374 g/mol. The van der Waals surface area contributed by atoms with Crippen molar-refractivity contribution in [3.8, 4) is 0 Å². The normalized spacial score (nSPS) is 28.2. The van der Waals surface area contributed by atoms with Gasteiger partial charge in [0, 0.05) is 31.7 Å². The Balaban J connectivity index is 1.23. The van der Waals surface area contributed by atoms with Crippen LogP contribution in [0.5, 0.6) is 0 Å². The summed E-state index contributed by atoms with van der Waals surface area (Å²) in [5, 5.41) is 3.54. The van der Waals surface area contributed by atoms with Crippen molar-refractivity contribution in [3.05, 3.63) is 35.4 Å². The maximum atomic E-state index is 13.7. The zero-order chi connectivity index (χ0) is 20.4. The van der Waals surface area contributed by atoms with Crippen LogP contribution >= 0.6 is 0 Å². The third kappa shape index (κ3) is 4.04. The molecule has 5 nitrogen and oxygen atoms in total. The number of carbonyl (C=O) groups is 1. The van der Waals surface area contributed by atoms with Crippen molar-refractivity contribution < 1.29 is 9.53 Å². The van der Waals surface area contributed by atoms with Crippen LogP contribution in [0.3, 0.4) is 0 Å². The number of nitrogens with zero attached hydrogens (tertiary/aromatic N) is 2. The quantitative estimate of drug-likeness (QED) is 0.828. The summed E-state index contributed by atoms with van der Waals surface area (Å²) in [4.78, 5) is 18.8. The van der Waals surface area contributed by atoms with Gasteiger partial charge in [-0.25, -0.2) is 0 Å². The Morgan fingerprint density at radius 1 is 0.967 bits per heavy atom. The number of amides is 1. The van der Waals surface area contributed by atoms with Gasteiger partial charge >= 0.3 is 0 Å². The van der Waals surface area contributed by atoms with E-state index in [9.17, 15) is 4.79 Å². The van der Waals surface area contributed by atoms with Crippen LogP contribution in [0.15, 0.2) is 24.3 Å². The molecule has 1 atom stereocenters. The van der Waals surface area contributed by atoms with Gasteiger partial charge in [-0.05, 0) is 56.2 Å². The second-order valence-electron chi connectivity index (χ2n) is 9.83. The molecule has 1 aromatic carbocycles. The third-order valence-corrected chi connectivity index (χ3v) is 8.05. The van der Waals surface area contributed by atoms with Crippen molar-refractivity contribution in [2.24, 2.45) is 0 Å². The van der Waals surface area contributed by atoms with Gasteiger partial charge in [-0.1, -0.05) is 43.5 Å². The molecule has 164 valence electrons. The zero-order valence-electron chi connectivity index (χ0n) is 18.3. The number of ether oxygens (including phenoxy) is 1. The molecule has 0 bridgehead atoms. The van der Waals surface area contributed by atoms with Crippen LogP contribution in [0.25, 0.3) is 0 Å². The maximum absolute atomic E-state index is 13.7. The first-order valence-electron chi connectivity index (χ1n) is 12.2. The smallest absolute Gasteiger partial charge is 0.240 e. The topological polar surface area (TPSA) is 44.8 Å². The molecule has 0 unspecified atom stereocenters. The summed E-state index contributed by atoms with van der Waals surface area (Å²) < 4.78 is 5.58. The number of fused-ring (bicyclic) bond motifs is 1. The first-order valence-corrected chi connectivity index (χ1v) is 12.2. The Labute approximate surface area is 181 Å². The van der Waals surface area contributed by atoms with E-state index >= 15 is 0 Å². The van der Waals surface area contributed by atoms with Crippen molar-refractivity contribution in [2.75, 3.05) is 39.4 Å². The van der Waals surface area contributed by atoms with Crippen LogP contribution in [0, 0.1) is 0 Å². The van der Waals surface area contributed by atoms with Crippen molar-refractivity contribution in [1.82, 2.24) is 15.1 Å². The highest BCUT2D eigenvalue weighted by Crippen LogP contribution is 2.35. The number of piperidine rings is 1. The SMILES string of the molecule is O=C(N[C@H]1CCCN(C2Cc3ccccc3C2)C1)C1(N2CCOCC2)CCCCC1. The standard InChI is InChI=1S/C25H37N3O2/c29-24(25(10-4-1-5-11-25)28-13-15-30-16-14-28)26-22-9-6-12-27(19-22)23-17-20-7-2-3-8-21(20)18-23/h2-3,7-8,22-23H,1,4-6,9-19H2,(H,26,29)/t22-/m0/s1. The first kappa shape index (κ1) is 20.5. The highest BCUT2D eigenvalue weighted by atomic mass is 16.5. The Morgan fingerprint density at radius 2 is 1.67 bits per heavy atom. The lowest BCUT2D eigenvalue weighted by molar-refractivity contribution is -0.141. The number of benzene rings is 1. The van der Waals surface area contributed by atoms with Crippen LogP contribution in [0.1, 0.15) is 56.1 Å². The fourth-order valence-electron chi connectivity index (χ4n) is 6.38. The fraction of sp³-hybridized carbons (Fsp3) is 0.720. The molecule has 0 radical (unpaired) electrons. The van der Waals surface area contributed by atoms with Crippen LogP contribution in [0.4, 0.5) is 0 Å². The molecule has 1 saturated carbocycles. The number of carbonyl (C=O) groups excluding carboxylic acids is 1. The van der Waals surface area contributed by atoms with E-state index in [1.807, 2.05) is 0 Å². The van der Waals surface area contributed by atoms with Gasteiger partial charge in [0.05, 0.1) is 13.2 Å². The van der Waals surface area contributed by atoms with Crippen LogP contribution in [0.2, 0.25) is 0 Å². The highest BCUT2D eigenvalue weighted by molar-refractivity contribution is 5.86. The molecule has 3 fully saturated rings. The molecule has 5 rings (SSSR count). The minimum Gasteiger partial charge on any atom is -0.379 e. The molecule has 5 heteroatoms. The molecule has 0 aromatic heterocycles. The number of nitrogens with one attached hydrogen (secondary N) is 1. The molecule has 0 spiro atoms. The molecule has 1 N–H and O–H groups in total. The van der Waals surface area contributed by atoms with Crippen LogP contribution < -0.4 is 5.32 Å². The van der Waals surface area contributed by atoms with Crippen molar-refractivity contribution in [3.63, 3.8) is 0 Å². The predicted molar refractivity (Wildman–Crippen MR) is 119 cm³/mol. The minimum atomic E-state index is -0.298. The van der Waals surface area contributed by atoms with E-state index in [-0.39, 0.29) is 11.6 Å². The van der Waals surface area contributed by atoms with Gasteiger partial charge in [0.15, 0.2) is 0 Å². The Morgan fingerprint density at radius 3 is 2.37 bits per heavy atom. The molecule has 2 heterocycles. The second-order valence-corrected chi connectivity index (χ2v) is 9.83. The second kappa shape index (κ2) is 8.97. The Kier molecular flexibility index (Phi) is 6.12. The summed E-state index contributed by atoms with van der Waals surface area (Å²) >= 11 is 0. The molecule has 30 heavy (non-hydrogen) atoms. The first-order chi connectivity index (χ1) is 14.7. The van der Waals surface area contributed by atoms with Gasteiger partial charge < -0.3 is 10.1 Å². The minimum absolute atomic E-state index is 0.287. The summed E-state index contributed by atoms with van der Waals surface area (Å²) in [5.41, 5.74) is 2.73. The van der Waals surface area contributed by atoms with Gasteiger partial charge in [0.2, 0.25) is 5.91 Å². The molecule has 2 aliphatic heterocycles. The average Bonchev–Trinajstić information content (AvgIpc) is 3.25. The van der Waals surface area contributed by atoms with Gasteiger partial charge in [-0.2, -0.15) is 0 Å². The summed E-state index contributed by atoms with van der Waals surface area (Å²) in [6.07, 6.45) is 10.2. The number of hydrogen-bond donors (Lipinski definition) is 1. The molecule has 2 aliphatic carbocycles. The summed E-state index contributed by atoms with van der Waals surface area (Å²) in [5.74, 6) is 0.297. The van der Waals surface area contributed by atoms with E-state index in [2.05, 4.69) is 39.4 Å². The van der Waals surface area contributed by atoms with E-state index in [4.69, 9.17) is 4.74 Å². The van der Waals surface area contributed by atoms with Crippen LogP contribution in [-0.2, 0) is 22.4 Å². The van der Waals surface area contributed by atoms with Crippen molar-refractivity contribution in [2.45, 2.75) is 75.4 Å². The molecule has 4 aliphatic rings. The molecule has 1 aromatic rings. The van der Waals surface area contributed by atoms with Gasteiger partial charge in [0.1, 0.15) is 5.54 Å². The predicted octanol–water partition coefficient (Wildman–Crippen LogP) is 2.77. The summed E-state index contributed by atoms with van der Waals surface area (Å²) in [7, 11) is 0. The van der Waals surface area contributed by atoms with Crippen LogP contribution in [-0.4, -0.2) is 72.7 Å². The fourth-order valence-corrected chi connectivity index (χ4v) is 6.38. The van der Waals surface area contributed by atoms with E-state index in [0.29, 0.717) is 11.9 Å². The maximum Gasteiger partial charge on any atom is 0.240 e. The molecular formula is C25H37N3O2. The highest BCUT2D eigenvalue weighted by Gasteiger charge is 2.46. The van der Waals surface area contributed by atoms with Crippen molar-refractivity contribution >= 4 is 5.91 Å². The number of hydrogen-bond acceptors (Lipinski definition) is 4. The van der Waals surface area contributed by atoms with E-state index in [1.54, 1.807) is 0 Å². The number of likely N-dealkylation sites (tertiary alicyclic amines) is 1. The van der Waals surface area contributed by atoms with Crippen molar-refractivity contribution in [1.29, 1.82) is 0 Å². The summed E-state index contributed by atoms with van der Waals surface area (Å²) in [6, 6.07) is 9.78. The lowest BCUT2D eigenvalue weighted by atomic mass is 9.78. The molecule has 1 amide bonds.